The normalized spacial score (nSPS) is 20.4. The minimum absolute atomic E-state index is 0.116. The van der Waals surface area contributed by atoms with Gasteiger partial charge in [0.15, 0.2) is 0 Å². The Morgan fingerprint density at radius 1 is 1.33 bits per heavy atom. The van der Waals surface area contributed by atoms with Crippen LogP contribution in [0, 0.1) is 0 Å². The highest BCUT2D eigenvalue weighted by Gasteiger charge is 2.40. The van der Waals surface area contributed by atoms with Crippen molar-refractivity contribution in [1.29, 1.82) is 0 Å². The van der Waals surface area contributed by atoms with Gasteiger partial charge in [0.1, 0.15) is 6.23 Å². The minimum Gasteiger partial charge on any atom is -0.357 e. The van der Waals surface area contributed by atoms with Crippen molar-refractivity contribution in [3.8, 4) is 0 Å². The number of benzene rings is 1. The summed E-state index contributed by atoms with van der Waals surface area (Å²) in [6.07, 6.45) is -0.0529. The molecule has 1 fully saturated rings. The highest BCUT2D eigenvalue weighted by atomic mass is 32.2. The standard InChI is InChI=1S/C12H15NO4S/c1-2-17-12-9-8-11(14)13(12)18(15,16)10-6-4-3-5-7-10/h3-7,12H,2,8-9H2,1H3/t12-/m1/s1. The van der Waals surface area contributed by atoms with E-state index >= 15 is 0 Å². The summed E-state index contributed by atoms with van der Waals surface area (Å²) in [6.45, 7) is 2.15. The van der Waals surface area contributed by atoms with Gasteiger partial charge in [-0.15, -0.1) is 0 Å². The van der Waals surface area contributed by atoms with Crippen LogP contribution in [0.25, 0.3) is 0 Å². The number of carbonyl (C=O) groups excluding carboxylic acids is 1. The van der Waals surface area contributed by atoms with Crippen LogP contribution < -0.4 is 0 Å². The van der Waals surface area contributed by atoms with Crippen molar-refractivity contribution in [1.82, 2.24) is 4.31 Å². The van der Waals surface area contributed by atoms with Crippen LogP contribution in [0.15, 0.2) is 35.2 Å². The van der Waals surface area contributed by atoms with E-state index in [9.17, 15) is 13.2 Å². The van der Waals surface area contributed by atoms with Crippen molar-refractivity contribution in [3.05, 3.63) is 30.3 Å². The fraction of sp³-hybridized carbons (Fsp3) is 0.417. The third kappa shape index (κ3) is 2.26. The summed E-state index contributed by atoms with van der Waals surface area (Å²) in [5, 5.41) is 0. The van der Waals surface area contributed by atoms with Gasteiger partial charge in [0.25, 0.3) is 10.0 Å². The minimum atomic E-state index is -3.80. The predicted molar refractivity (Wildman–Crippen MR) is 65.1 cm³/mol. The number of hydrogen-bond donors (Lipinski definition) is 0. The summed E-state index contributed by atoms with van der Waals surface area (Å²) in [7, 11) is -3.80. The van der Waals surface area contributed by atoms with E-state index in [1.165, 1.54) is 12.1 Å². The van der Waals surface area contributed by atoms with Crippen LogP contribution in [0.5, 0.6) is 0 Å². The van der Waals surface area contributed by atoms with Crippen LogP contribution in [0.2, 0.25) is 0 Å². The van der Waals surface area contributed by atoms with Crippen LogP contribution in [0.1, 0.15) is 19.8 Å². The van der Waals surface area contributed by atoms with Crippen molar-refractivity contribution >= 4 is 15.9 Å². The van der Waals surface area contributed by atoms with E-state index in [0.717, 1.165) is 4.31 Å². The third-order valence-corrected chi connectivity index (χ3v) is 4.60. The molecule has 0 aromatic heterocycles. The Hall–Kier alpha value is -1.40. The van der Waals surface area contributed by atoms with E-state index in [4.69, 9.17) is 4.74 Å². The Labute approximate surface area is 106 Å². The zero-order chi connectivity index (χ0) is 13.2. The molecule has 5 nitrogen and oxygen atoms in total. The number of rotatable bonds is 4. The largest absolute Gasteiger partial charge is 0.357 e. The topological polar surface area (TPSA) is 63.7 Å². The van der Waals surface area contributed by atoms with Gasteiger partial charge in [-0.1, -0.05) is 18.2 Å². The summed E-state index contributed by atoms with van der Waals surface area (Å²) in [4.78, 5) is 11.9. The summed E-state index contributed by atoms with van der Waals surface area (Å²) in [5.74, 6) is -0.405. The second kappa shape index (κ2) is 5.07. The maximum absolute atomic E-state index is 12.4. The molecule has 1 aliphatic rings. The number of sulfonamides is 1. The van der Waals surface area contributed by atoms with Crippen molar-refractivity contribution in [3.63, 3.8) is 0 Å². The number of carbonyl (C=O) groups is 1. The zero-order valence-electron chi connectivity index (χ0n) is 10.1. The van der Waals surface area contributed by atoms with Crippen molar-refractivity contribution in [2.24, 2.45) is 0 Å². The van der Waals surface area contributed by atoms with Crippen LogP contribution in [0.3, 0.4) is 0 Å². The Morgan fingerprint density at radius 2 is 2.00 bits per heavy atom. The first-order valence-electron chi connectivity index (χ1n) is 5.81. The molecule has 98 valence electrons. The van der Waals surface area contributed by atoms with E-state index in [2.05, 4.69) is 0 Å². The van der Waals surface area contributed by atoms with Crippen LogP contribution in [-0.2, 0) is 19.6 Å². The molecule has 1 aromatic carbocycles. The second-order valence-corrected chi connectivity index (χ2v) is 5.77. The highest BCUT2D eigenvalue weighted by molar-refractivity contribution is 7.89. The zero-order valence-corrected chi connectivity index (χ0v) is 10.9. The van der Waals surface area contributed by atoms with Gasteiger partial charge in [-0.05, 0) is 19.1 Å². The van der Waals surface area contributed by atoms with Crippen LogP contribution in [-0.4, -0.2) is 31.5 Å². The van der Waals surface area contributed by atoms with Crippen LogP contribution in [0.4, 0.5) is 0 Å². The predicted octanol–water partition coefficient (Wildman–Crippen LogP) is 1.36. The number of ether oxygens (including phenoxy) is 1. The Bertz CT molecular complexity index is 526. The average Bonchev–Trinajstić information content (AvgIpc) is 2.73. The molecule has 0 spiro atoms. The molecule has 0 saturated carbocycles. The van der Waals surface area contributed by atoms with Gasteiger partial charge < -0.3 is 4.74 Å². The fourth-order valence-corrected chi connectivity index (χ4v) is 3.54. The first-order valence-corrected chi connectivity index (χ1v) is 7.25. The molecule has 0 unspecified atom stereocenters. The molecule has 0 bridgehead atoms. The number of hydrogen-bond acceptors (Lipinski definition) is 4. The molecule has 1 amide bonds. The Kier molecular flexibility index (Phi) is 3.68. The lowest BCUT2D eigenvalue weighted by atomic mass is 10.3. The summed E-state index contributed by atoms with van der Waals surface area (Å²) < 4.78 is 30.9. The van der Waals surface area contributed by atoms with E-state index in [1.807, 2.05) is 0 Å². The fourth-order valence-electron chi connectivity index (χ4n) is 1.97. The maximum atomic E-state index is 12.4. The molecule has 0 aliphatic carbocycles. The molecule has 2 rings (SSSR count). The summed E-state index contributed by atoms with van der Waals surface area (Å²) in [5.41, 5.74) is 0. The number of amides is 1. The van der Waals surface area contributed by atoms with Gasteiger partial charge in [0, 0.05) is 19.4 Å². The van der Waals surface area contributed by atoms with Gasteiger partial charge in [-0.3, -0.25) is 4.79 Å². The smallest absolute Gasteiger partial charge is 0.268 e. The van der Waals surface area contributed by atoms with E-state index in [0.29, 0.717) is 13.0 Å². The molecule has 1 saturated heterocycles. The van der Waals surface area contributed by atoms with Gasteiger partial charge in [0.05, 0.1) is 4.90 Å². The van der Waals surface area contributed by atoms with Gasteiger partial charge in [0.2, 0.25) is 5.91 Å². The van der Waals surface area contributed by atoms with Crippen molar-refractivity contribution in [2.45, 2.75) is 30.9 Å². The molecule has 0 N–H and O–H groups in total. The van der Waals surface area contributed by atoms with Crippen LogP contribution >= 0.6 is 0 Å². The Balaban J connectivity index is 2.37. The Morgan fingerprint density at radius 3 is 2.61 bits per heavy atom. The first kappa shape index (κ1) is 13.0. The maximum Gasteiger partial charge on any atom is 0.268 e. The molecule has 18 heavy (non-hydrogen) atoms. The van der Waals surface area contributed by atoms with E-state index < -0.39 is 22.2 Å². The summed E-state index contributed by atoms with van der Waals surface area (Å²) in [6, 6.07) is 7.94. The molecule has 1 heterocycles. The molecular formula is C12H15NO4S. The molecule has 1 aliphatic heterocycles. The van der Waals surface area contributed by atoms with Crippen molar-refractivity contribution < 1.29 is 17.9 Å². The summed E-state index contributed by atoms with van der Waals surface area (Å²) >= 11 is 0. The lowest BCUT2D eigenvalue weighted by Gasteiger charge is -2.23. The van der Waals surface area contributed by atoms with E-state index in [1.54, 1.807) is 25.1 Å². The molecular weight excluding hydrogens is 254 g/mol. The third-order valence-electron chi connectivity index (χ3n) is 2.77. The van der Waals surface area contributed by atoms with E-state index in [-0.39, 0.29) is 11.3 Å². The average molecular weight is 269 g/mol. The lowest BCUT2D eigenvalue weighted by molar-refractivity contribution is -0.128. The highest BCUT2D eigenvalue weighted by Crippen LogP contribution is 2.27. The monoisotopic (exact) mass is 269 g/mol. The quantitative estimate of drug-likeness (QED) is 0.828. The molecule has 0 radical (unpaired) electrons. The van der Waals surface area contributed by atoms with Gasteiger partial charge in [-0.2, -0.15) is 0 Å². The molecule has 1 aromatic rings. The first-order chi connectivity index (χ1) is 8.57. The molecule has 6 heteroatoms. The van der Waals surface area contributed by atoms with Gasteiger partial charge in [-0.25, -0.2) is 12.7 Å². The lowest BCUT2D eigenvalue weighted by Crippen LogP contribution is -2.40. The second-order valence-electron chi connectivity index (χ2n) is 3.96. The van der Waals surface area contributed by atoms with Crippen molar-refractivity contribution in [2.75, 3.05) is 6.61 Å². The number of nitrogens with zero attached hydrogens (tertiary/aromatic N) is 1. The SMILES string of the molecule is CCO[C@@H]1CCC(=O)N1S(=O)(=O)c1ccccc1. The molecule has 1 atom stereocenters. The van der Waals surface area contributed by atoms with Gasteiger partial charge >= 0.3 is 0 Å².